The molecule has 1 aromatic heterocycles. The second kappa shape index (κ2) is 7.86. The normalized spacial score (nSPS) is 17.8. The van der Waals surface area contributed by atoms with E-state index in [1.54, 1.807) is 0 Å². The zero-order valence-corrected chi connectivity index (χ0v) is 19.5. The number of hydrogen-bond donors (Lipinski definition) is 2. The quantitative estimate of drug-likeness (QED) is 0.361. The van der Waals surface area contributed by atoms with Gasteiger partial charge in [0.25, 0.3) is 11.6 Å². The van der Waals surface area contributed by atoms with E-state index >= 15 is 0 Å². The topological polar surface area (TPSA) is 89.0 Å². The first kappa shape index (κ1) is 20.2. The molecule has 3 heterocycles. The number of nitrogens with zero attached hydrogens (tertiary/aromatic N) is 3. The van der Waals surface area contributed by atoms with Crippen LogP contribution < -0.4 is 15.4 Å². The standard InChI is InChI=1S/C24H16BrN5O2S/c25-15-10-11-19-17(12-15)24(22(31)26-19)28-18-9-5-4-8-16(18)20-21(32-24)27-23(30-29-20)33-13-14-6-2-1-3-7-14/h1-12,28H,13H2,(H,26,31)/t24-/m1/s1. The lowest BCUT2D eigenvalue weighted by Gasteiger charge is -2.28. The smallest absolute Gasteiger partial charge is 0.295 e. The van der Waals surface area contributed by atoms with Crippen molar-refractivity contribution in [2.75, 3.05) is 10.6 Å². The lowest BCUT2D eigenvalue weighted by Crippen LogP contribution is -2.47. The predicted octanol–water partition coefficient (Wildman–Crippen LogP) is 5.20. The van der Waals surface area contributed by atoms with E-state index in [0.29, 0.717) is 33.5 Å². The molecule has 2 N–H and O–H groups in total. The van der Waals surface area contributed by atoms with Crippen LogP contribution in [0.3, 0.4) is 0 Å². The van der Waals surface area contributed by atoms with Crippen LogP contribution in [0.15, 0.2) is 82.4 Å². The van der Waals surface area contributed by atoms with Gasteiger partial charge in [0.2, 0.25) is 11.0 Å². The maximum atomic E-state index is 13.3. The molecule has 0 bridgehead atoms. The van der Waals surface area contributed by atoms with Crippen molar-refractivity contribution in [2.24, 2.45) is 0 Å². The molecule has 7 nitrogen and oxygen atoms in total. The summed E-state index contributed by atoms with van der Waals surface area (Å²) >= 11 is 4.97. The van der Waals surface area contributed by atoms with Crippen molar-refractivity contribution in [1.29, 1.82) is 0 Å². The molecule has 0 aliphatic carbocycles. The minimum atomic E-state index is -1.49. The van der Waals surface area contributed by atoms with Gasteiger partial charge in [-0.3, -0.25) is 4.79 Å². The lowest BCUT2D eigenvalue weighted by molar-refractivity contribution is -0.128. The van der Waals surface area contributed by atoms with Gasteiger partial charge >= 0.3 is 0 Å². The Morgan fingerprint density at radius 2 is 1.79 bits per heavy atom. The highest BCUT2D eigenvalue weighted by atomic mass is 79.9. The average Bonchev–Trinajstić information content (AvgIpc) is 3.00. The zero-order valence-electron chi connectivity index (χ0n) is 17.1. The molecule has 33 heavy (non-hydrogen) atoms. The summed E-state index contributed by atoms with van der Waals surface area (Å²) in [5, 5.41) is 15.5. The Bertz CT molecular complexity index is 1400. The molecule has 0 fully saturated rings. The lowest BCUT2D eigenvalue weighted by atomic mass is 10.0. The van der Waals surface area contributed by atoms with E-state index in [1.807, 2.05) is 72.8 Å². The first-order valence-electron chi connectivity index (χ1n) is 10.2. The Morgan fingerprint density at radius 1 is 0.970 bits per heavy atom. The number of fused-ring (bicyclic) bond motifs is 5. The number of rotatable bonds is 3. The molecule has 3 aromatic carbocycles. The van der Waals surface area contributed by atoms with Gasteiger partial charge in [0.05, 0.1) is 11.3 Å². The fourth-order valence-corrected chi connectivity index (χ4v) is 5.05. The summed E-state index contributed by atoms with van der Waals surface area (Å²) in [7, 11) is 0. The number of halogens is 1. The third-order valence-electron chi connectivity index (χ3n) is 5.52. The van der Waals surface area contributed by atoms with Crippen LogP contribution in [0.5, 0.6) is 5.88 Å². The highest BCUT2D eigenvalue weighted by Gasteiger charge is 2.52. The maximum absolute atomic E-state index is 13.3. The number of aromatic nitrogens is 3. The number of thioether (sulfide) groups is 1. The predicted molar refractivity (Wildman–Crippen MR) is 130 cm³/mol. The summed E-state index contributed by atoms with van der Waals surface area (Å²) in [4.78, 5) is 18.0. The first-order chi connectivity index (χ1) is 16.1. The van der Waals surface area contributed by atoms with Gasteiger partial charge in [0.15, 0.2) is 5.69 Å². The van der Waals surface area contributed by atoms with E-state index in [4.69, 9.17) is 4.74 Å². The molecule has 6 rings (SSSR count). The first-order valence-corrected chi connectivity index (χ1v) is 12.0. The molecule has 2 aliphatic heterocycles. The Hall–Kier alpha value is -3.43. The van der Waals surface area contributed by atoms with Crippen LogP contribution in [-0.2, 0) is 16.3 Å². The molecule has 0 saturated heterocycles. The molecule has 1 spiro atoms. The highest BCUT2D eigenvalue weighted by Crippen LogP contribution is 2.47. The van der Waals surface area contributed by atoms with E-state index in [0.717, 1.165) is 15.6 Å². The van der Waals surface area contributed by atoms with Gasteiger partial charge in [-0.15, -0.1) is 10.2 Å². The highest BCUT2D eigenvalue weighted by molar-refractivity contribution is 9.10. The number of hydrogen-bond acceptors (Lipinski definition) is 7. The van der Waals surface area contributed by atoms with Crippen molar-refractivity contribution < 1.29 is 9.53 Å². The average molecular weight is 518 g/mol. The number of carbonyl (C=O) groups is 1. The van der Waals surface area contributed by atoms with Crippen LogP contribution in [0, 0.1) is 0 Å². The third kappa shape index (κ3) is 3.44. The van der Waals surface area contributed by atoms with Crippen LogP contribution in [-0.4, -0.2) is 21.1 Å². The minimum Gasteiger partial charge on any atom is -0.435 e. The molecule has 4 aromatic rings. The van der Waals surface area contributed by atoms with Crippen LogP contribution in [0.1, 0.15) is 11.1 Å². The second-order valence-corrected chi connectivity index (χ2v) is 9.48. The largest absolute Gasteiger partial charge is 0.435 e. The molecule has 0 radical (unpaired) electrons. The van der Waals surface area contributed by atoms with Crippen molar-refractivity contribution in [3.05, 3.63) is 88.4 Å². The number of benzene rings is 3. The van der Waals surface area contributed by atoms with Crippen molar-refractivity contribution in [1.82, 2.24) is 15.2 Å². The van der Waals surface area contributed by atoms with Gasteiger partial charge in [-0.25, -0.2) is 0 Å². The van der Waals surface area contributed by atoms with Crippen LogP contribution >= 0.6 is 27.7 Å². The fraction of sp³-hybridized carbons (Fsp3) is 0.0833. The van der Waals surface area contributed by atoms with E-state index in [-0.39, 0.29) is 11.8 Å². The minimum absolute atomic E-state index is 0.251. The molecule has 2 aliphatic rings. The van der Waals surface area contributed by atoms with Crippen LogP contribution in [0.4, 0.5) is 11.4 Å². The van der Waals surface area contributed by atoms with E-state index in [9.17, 15) is 4.79 Å². The van der Waals surface area contributed by atoms with Gasteiger partial charge in [-0.05, 0) is 29.8 Å². The SMILES string of the molecule is O=C1Nc2ccc(Br)cc2[C@]12Nc1ccccc1-c1nnc(SCc3ccccc3)nc1O2. The molecule has 0 saturated carbocycles. The van der Waals surface area contributed by atoms with Crippen LogP contribution in [0.25, 0.3) is 11.3 Å². The second-order valence-electron chi connectivity index (χ2n) is 7.62. The van der Waals surface area contributed by atoms with E-state index in [1.165, 1.54) is 11.8 Å². The molecule has 0 unspecified atom stereocenters. The van der Waals surface area contributed by atoms with Crippen molar-refractivity contribution in [2.45, 2.75) is 16.6 Å². The van der Waals surface area contributed by atoms with E-state index in [2.05, 4.69) is 41.7 Å². The number of carbonyl (C=O) groups excluding carboxylic acids is 1. The number of nitrogens with one attached hydrogen (secondary N) is 2. The molecule has 162 valence electrons. The van der Waals surface area contributed by atoms with Gasteiger partial charge in [0, 0.05) is 21.5 Å². The Morgan fingerprint density at radius 3 is 2.67 bits per heavy atom. The Labute approximate surface area is 202 Å². The van der Waals surface area contributed by atoms with Gasteiger partial charge < -0.3 is 15.4 Å². The molecule has 1 atom stereocenters. The molecule has 1 amide bonds. The number of ether oxygens (including phenoxy) is 1. The zero-order chi connectivity index (χ0) is 22.4. The number of anilines is 2. The van der Waals surface area contributed by atoms with Crippen molar-refractivity contribution >= 4 is 45.0 Å². The molecule has 9 heteroatoms. The van der Waals surface area contributed by atoms with Gasteiger partial charge in [-0.2, -0.15) is 4.98 Å². The summed E-state index contributed by atoms with van der Waals surface area (Å²) in [6.45, 7) is 0. The van der Waals surface area contributed by atoms with E-state index < -0.39 is 5.72 Å². The summed E-state index contributed by atoms with van der Waals surface area (Å²) < 4.78 is 7.24. The Balaban J connectivity index is 1.46. The number of para-hydroxylation sites is 1. The number of amides is 1. The maximum Gasteiger partial charge on any atom is 0.295 e. The van der Waals surface area contributed by atoms with Crippen LogP contribution in [0.2, 0.25) is 0 Å². The molecular formula is C24H16BrN5O2S. The summed E-state index contributed by atoms with van der Waals surface area (Å²) in [5.74, 6) is 0.619. The van der Waals surface area contributed by atoms with Crippen molar-refractivity contribution in [3.63, 3.8) is 0 Å². The molecular weight excluding hydrogens is 502 g/mol. The van der Waals surface area contributed by atoms with Crippen molar-refractivity contribution in [3.8, 4) is 17.1 Å². The summed E-state index contributed by atoms with van der Waals surface area (Å²) in [5.41, 5.74) is 2.96. The summed E-state index contributed by atoms with van der Waals surface area (Å²) in [6, 6.07) is 23.2. The monoisotopic (exact) mass is 517 g/mol. The Kier molecular flexibility index (Phi) is 4.81. The summed E-state index contributed by atoms with van der Waals surface area (Å²) in [6.07, 6.45) is 0. The fourth-order valence-electron chi connectivity index (χ4n) is 3.95. The van der Waals surface area contributed by atoms with Gasteiger partial charge in [0.1, 0.15) is 0 Å². The third-order valence-corrected chi connectivity index (χ3v) is 6.92. The van der Waals surface area contributed by atoms with Gasteiger partial charge in [-0.1, -0.05) is 76.2 Å².